The first kappa shape index (κ1) is 12.4. The summed E-state index contributed by atoms with van der Waals surface area (Å²) in [5, 5.41) is 21.1. The van der Waals surface area contributed by atoms with Crippen molar-refractivity contribution in [3.63, 3.8) is 0 Å². The van der Waals surface area contributed by atoms with Crippen LogP contribution in [-0.2, 0) is 4.74 Å². The lowest BCUT2D eigenvalue weighted by molar-refractivity contribution is 0.115. The first-order chi connectivity index (χ1) is 7.16. The van der Waals surface area contributed by atoms with E-state index in [4.69, 9.17) is 9.84 Å². The van der Waals surface area contributed by atoms with Crippen LogP contribution in [0.1, 0.15) is 18.0 Å². The Hall–Kier alpha value is -1.62. The lowest BCUT2D eigenvalue weighted by Crippen LogP contribution is -2.35. The van der Waals surface area contributed by atoms with E-state index in [2.05, 4.69) is 5.32 Å². The Bertz CT molecular complexity index is 396. The van der Waals surface area contributed by atoms with Crippen LogP contribution in [-0.4, -0.2) is 22.9 Å². The van der Waals surface area contributed by atoms with Crippen molar-refractivity contribution in [2.24, 2.45) is 0 Å². The molecule has 1 heterocycles. The predicted molar refractivity (Wildman–Crippen MR) is 58.9 cm³/mol. The van der Waals surface area contributed by atoms with Crippen molar-refractivity contribution in [2.45, 2.75) is 12.5 Å². The van der Waals surface area contributed by atoms with Gasteiger partial charge in [-0.3, -0.25) is 0 Å². The van der Waals surface area contributed by atoms with Crippen LogP contribution in [0.4, 0.5) is 4.79 Å². The normalized spacial score (nSPS) is 19.2. The van der Waals surface area contributed by atoms with Gasteiger partial charge in [-0.05, 0) is 17.7 Å². The number of ether oxygens (including phenoxy) is 1. The molecule has 1 aromatic carbocycles. The van der Waals surface area contributed by atoms with Gasteiger partial charge >= 0.3 is 6.09 Å². The van der Waals surface area contributed by atoms with Gasteiger partial charge in [0.2, 0.25) is 0 Å². The topological polar surface area (TPSA) is 78.8 Å². The molecule has 16 heavy (non-hydrogen) atoms. The van der Waals surface area contributed by atoms with E-state index in [9.17, 15) is 9.90 Å². The number of carbonyl (C=O) groups excluding carboxylic acids is 1. The van der Waals surface area contributed by atoms with Crippen LogP contribution < -0.4 is 5.32 Å². The second-order valence-corrected chi connectivity index (χ2v) is 3.37. The Morgan fingerprint density at radius 3 is 2.69 bits per heavy atom. The first-order valence-electron chi connectivity index (χ1n) is 4.62. The van der Waals surface area contributed by atoms with Crippen LogP contribution >= 0.6 is 12.4 Å². The minimum atomic E-state index is -0.459. The Balaban J connectivity index is 0.00000128. The number of benzene rings is 1. The minimum absolute atomic E-state index is 0. The van der Waals surface area contributed by atoms with Gasteiger partial charge in [-0.2, -0.15) is 0 Å². The summed E-state index contributed by atoms with van der Waals surface area (Å²) in [6.45, 7) is 0.359. The van der Waals surface area contributed by atoms with Gasteiger partial charge in [0.25, 0.3) is 0 Å². The largest absolute Gasteiger partial charge is 0.504 e. The van der Waals surface area contributed by atoms with Gasteiger partial charge in [0, 0.05) is 6.42 Å². The quantitative estimate of drug-likeness (QED) is 0.658. The molecule has 0 aliphatic carbocycles. The van der Waals surface area contributed by atoms with Gasteiger partial charge < -0.3 is 20.3 Å². The fourth-order valence-electron chi connectivity index (χ4n) is 1.53. The third-order valence-electron chi connectivity index (χ3n) is 2.33. The number of carbonyl (C=O) groups is 1. The first-order valence-corrected chi connectivity index (χ1v) is 4.62. The van der Waals surface area contributed by atoms with E-state index in [1.165, 1.54) is 12.1 Å². The molecule has 1 aliphatic rings. The molecule has 5 nitrogen and oxygen atoms in total. The summed E-state index contributed by atoms with van der Waals surface area (Å²) >= 11 is 0. The van der Waals surface area contributed by atoms with E-state index < -0.39 is 6.09 Å². The second kappa shape index (κ2) is 4.94. The van der Waals surface area contributed by atoms with Crippen molar-refractivity contribution in [3.8, 4) is 11.5 Å². The van der Waals surface area contributed by atoms with Crippen LogP contribution in [0.25, 0.3) is 0 Å². The lowest BCUT2D eigenvalue weighted by Gasteiger charge is -2.23. The summed E-state index contributed by atoms with van der Waals surface area (Å²) < 4.78 is 4.72. The van der Waals surface area contributed by atoms with Crippen molar-refractivity contribution in [2.75, 3.05) is 6.61 Å². The number of aromatic hydroxyl groups is 2. The van der Waals surface area contributed by atoms with Crippen molar-refractivity contribution < 1.29 is 19.7 Å². The van der Waals surface area contributed by atoms with Gasteiger partial charge in [0.1, 0.15) is 0 Å². The average Bonchev–Trinajstić information content (AvgIpc) is 2.22. The molecule has 0 radical (unpaired) electrons. The molecule has 2 rings (SSSR count). The van der Waals surface area contributed by atoms with Crippen LogP contribution in [0.3, 0.4) is 0 Å². The van der Waals surface area contributed by atoms with E-state index in [0.717, 1.165) is 5.56 Å². The SMILES string of the molecule is Cl.O=C1N[C@H](c2ccc(O)c(O)c2)CCO1. The zero-order valence-corrected chi connectivity index (χ0v) is 9.16. The van der Waals surface area contributed by atoms with Crippen LogP contribution in [0, 0.1) is 0 Å². The zero-order chi connectivity index (χ0) is 10.8. The highest BCUT2D eigenvalue weighted by atomic mass is 35.5. The fraction of sp³-hybridized carbons (Fsp3) is 0.300. The summed E-state index contributed by atoms with van der Waals surface area (Å²) in [5.74, 6) is -0.356. The van der Waals surface area contributed by atoms with Gasteiger partial charge in [0.15, 0.2) is 11.5 Å². The third kappa shape index (κ3) is 2.49. The molecule has 0 saturated carbocycles. The highest BCUT2D eigenvalue weighted by Crippen LogP contribution is 2.29. The molecule has 0 bridgehead atoms. The molecule has 1 saturated heterocycles. The molecule has 3 N–H and O–H groups in total. The number of alkyl carbamates (subject to hydrolysis) is 1. The summed E-state index contributed by atoms with van der Waals surface area (Å²) in [7, 11) is 0. The van der Waals surface area contributed by atoms with Crippen molar-refractivity contribution in [1.82, 2.24) is 5.32 Å². The van der Waals surface area contributed by atoms with Crippen LogP contribution in [0.5, 0.6) is 11.5 Å². The number of cyclic esters (lactones) is 1. The number of nitrogens with one attached hydrogen (secondary N) is 1. The monoisotopic (exact) mass is 245 g/mol. The number of rotatable bonds is 1. The number of hydrogen-bond donors (Lipinski definition) is 3. The van der Waals surface area contributed by atoms with Crippen molar-refractivity contribution in [3.05, 3.63) is 23.8 Å². The van der Waals surface area contributed by atoms with E-state index >= 15 is 0 Å². The Kier molecular flexibility index (Phi) is 3.84. The number of amides is 1. The second-order valence-electron chi connectivity index (χ2n) is 3.37. The zero-order valence-electron chi connectivity index (χ0n) is 8.34. The van der Waals surface area contributed by atoms with Crippen molar-refractivity contribution >= 4 is 18.5 Å². The number of halogens is 1. The minimum Gasteiger partial charge on any atom is -0.504 e. The molecule has 0 unspecified atom stereocenters. The van der Waals surface area contributed by atoms with E-state index in [0.29, 0.717) is 13.0 Å². The summed E-state index contributed by atoms with van der Waals surface area (Å²) in [6, 6.07) is 4.32. The van der Waals surface area contributed by atoms with Gasteiger partial charge in [-0.1, -0.05) is 6.07 Å². The number of hydrogen-bond acceptors (Lipinski definition) is 4. The molecule has 88 valence electrons. The molecule has 6 heteroatoms. The molecule has 1 aliphatic heterocycles. The molecule has 1 aromatic rings. The van der Waals surface area contributed by atoms with Crippen LogP contribution in [0.15, 0.2) is 18.2 Å². The van der Waals surface area contributed by atoms with Gasteiger partial charge in [-0.25, -0.2) is 4.79 Å². The van der Waals surface area contributed by atoms with Crippen LogP contribution in [0.2, 0.25) is 0 Å². The van der Waals surface area contributed by atoms with Gasteiger partial charge in [0.05, 0.1) is 12.6 Å². The molecule has 1 amide bonds. The Labute approximate surface area is 98.5 Å². The number of phenols is 2. The Morgan fingerprint density at radius 1 is 1.31 bits per heavy atom. The molecule has 0 spiro atoms. The maximum Gasteiger partial charge on any atom is 0.407 e. The predicted octanol–water partition coefficient (Wildman–Crippen LogP) is 1.69. The molecule has 1 atom stereocenters. The van der Waals surface area contributed by atoms with E-state index in [1.807, 2.05) is 0 Å². The molecule has 1 fully saturated rings. The highest BCUT2D eigenvalue weighted by molar-refractivity contribution is 5.85. The summed E-state index contributed by atoms with van der Waals surface area (Å²) in [6.07, 6.45) is 0.189. The third-order valence-corrected chi connectivity index (χ3v) is 2.33. The highest BCUT2D eigenvalue weighted by Gasteiger charge is 2.21. The summed E-state index contributed by atoms with van der Waals surface area (Å²) in [4.78, 5) is 11.0. The van der Waals surface area contributed by atoms with Gasteiger partial charge in [-0.15, -0.1) is 12.4 Å². The number of phenolic OH excluding ortho intramolecular Hbond substituents is 2. The molecular weight excluding hydrogens is 234 g/mol. The van der Waals surface area contributed by atoms with Crippen molar-refractivity contribution in [1.29, 1.82) is 0 Å². The smallest absolute Gasteiger partial charge is 0.407 e. The maximum absolute atomic E-state index is 11.0. The standard InChI is InChI=1S/C10H11NO4.ClH/c12-8-2-1-6(5-9(8)13)7-3-4-15-10(14)11-7;/h1-2,5,7,12-13H,3-4H2,(H,11,14);1H/t7-;/m0./s1. The fourth-order valence-corrected chi connectivity index (χ4v) is 1.53. The van der Waals surface area contributed by atoms with E-state index in [-0.39, 0.29) is 29.9 Å². The molecular formula is C10H12ClNO4. The average molecular weight is 246 g/mol. The Morgan fingerprint density at radius 2 is 2.06 bits per heavy atom. The lowest BCUT2D eigenvalue weighted by atomic mass is 10.0. The molecule has 0 aromatic heterocycles. The van der Waals surface area contributed by atoms with E-state index in [1.54, 1.807) is 6.07 Å². The maximum atomic E-state index is 11.0. The summed E-state index contributed by atoms with van der Waals surface area (Å²) in [5.41, 5.74) is 0.752.